The number of Topliss-reactive ketones (excluding diaryl/α,β-unsaturated/α-hetero) is 1. The van der Waals surface area contributed by atoms with E-state index < -0.39 is 40.9 Å². The van der Waals surface area contributed by atoms with Crippen LogP contribution in [0, 0.1) is 11.3 Å². The first-order valence-electron chi connectivity index (χ1n) is 14.4. The molecule has 1 aliphatic carbocycles. The van der Waals surface area contributed by atoms with Crippen LogP contribution in [0.2, 0.25) is 0 Å². The van der Waals surface area contributed by atoms with Crippen molar-refractivity contribution in [2.45, 2.75) is 58.3 Å². The Kier molecular flexibility index (Phi) is 7.06. The van der Waals surface area contributed by atoms with Gasteiger partial charge in [0.2, 0.25) is 17.6 Å². The van der Waals surface area contributed by atoms with Crippen molar-refractivity contribution in [3.8, 4) is 11.5 Å². The molecule has 0 spiro atoms. The molecule has 2 saturated heterocycles. The third kappa shape index (κ3) is 5.39. The smallest absolute Gasteiger partial charge is 0.431 e. The monoisotopic (exact) mass is 591 g/mol. The molecule has 3 heterocycles. The number of oxazole rings is 1. The molecular formula is C33H32F3N3O4. The normalized spacial score (nSPS) is 20.3. The number of rotatable bonds is 6. The molecule has 0 radical (unpaired) electrons. The van der Waals surface area contributed by atoms with Crippen LogP contribution in [0.4, 0.5) is 13.2 Å². The number of likely N-dealkylation sites (tertiary alicyclic amines) is 2. The first-order valence-corrected chi connectivity index (χ1v) is 14.4. The number of ketones is 1. The van der Waals surface area contributed by atoms with Crippen LogP contribution in [0.25, 0.3) is 17.5 Å². The van der Waals surface area contributed by atoms with Crippen molar-refractivity contribution in [1.82, 2.24) is 14.8 Å². The highest BCUT2D eigenvalue weighted by Gasteiger charge is 2.52. The average molecular weight is 592 g/mol. The quantitative estimate of drug-likeness (QED) is 0.349. The van der Waals surface area contributed by atoms with Gasteiger partial charge in [-0.25, -0.2) is 4.98 Å². The standard InChI is InChI=1S/C33H32F3N3O4/c1-32(2,3)25(16-26(40)22-13-20-11-7-8-12-21(20)14-22)30(41)38-17-24-15-23(38)18-39(24)31(42)27-28(33(34,35)36)43-29(37-27)19-9-5-4-6-10-19/h4-13,23-25H,14-18H2,1-3H3/t23-,24-,25+/m0/s1. The Morgan fingerprint density at radius 3 is 2.23 bits per heavy atom. The molecule has 1 aromatic heterocycles. The molecule has 0 N–H and O–H groups in total. The second-order valence-corrected chi connectivity index (χ2v) is 12.6. The summed E-state index contributed by atoms with van der Waals surface area (Å²) in [7, 11) is 0. The van der Waals surface area contributed by atoms with E-state index in [1.807, 2.05) is 51.1 Å². The molecule has 0 saturated carbocycles. The van der Waals surface area contributed by atoms with Gasteiger partial charge in [-0.3, -0.25) is 14.4 Å². The molecule has 43 heavy (non-hydrogen) atoms. The highest BCUT2D eigenvalue weighted by molar-refractivity contribution is 6.03. The second-order valence-electron chi connectivity index (χ2n) is 12.6. The molecule has 3 aromatic rings. The zero-order chi connectivity index (χ0) is 30.7. The van der Waals surface area contributed by atoms with Crippen molar-refractivity contribution < 1.29 is 32.0 Å². The number of alkyl halides is 3. The number of fused-ring (bicyclic) bond motifs is 3. The summed E-state index contributed by atoms with van der Waals surface area (Å²) in [6, 6.07) is 15.1. The van der Waals surface area contributed by atoms with Crippen molar-refractivity contribution in [2.75, 3.05) is 13.1 Å². The van der Waals surface area contributed by atoms with Gasteiger partial charge in [0.15, 0.2) is 11.5 Å². The lowest BCUT2D eigenvalue weighted by molar-refractivity contribution is -0.153. The van der Waals surface area contributed by atoms with Crippen molar-refractivity contribution in [1.29, 1.82) is 0 Å². The van der Waals surface area contributed by atoms with Crippen molar-refractivity contribution >= 4 is 23.7 Å². The van der Waals surface area contributed by atoms with Crippen LogP contribution in [0.1, 0.15) is 61.0 Å². The van der Waals surface area contributed by atoms with Crippen LogP contribution < -0.4 is 0 Å². The molecule has 3 atom stereocenters. The van der Waals surface area contributed by atoms with Crippen LogP contribution in [0.5, 0.6) is 0 Å². The summed E-state index contributed by atoms with van der Waals surface area (Å²) in [5.41, 5.74) is 1.83. The molecule has 224 valence electrons. The maximum absolute atomic E-state index is 13.9. The van der Waals surface area contributed by atoms with Gasteiger partial charge in [-0.1, -0.05) is 63.2 Å². The predicted octanol–water partition coefficient (Wildman–Crippen LogP) is 6.05. The van der Waals surface area contributed by atoms with Gasteiger partial charge in [0.1, 0.15) is 0 Å². The van der Waals surface area contributed by atoms with Gasteiger partial charge >= 0.3 is 6.18 Å². The van der Waals surface area contributed by atoms with Gasteiger partial charge in [-0.15, -0.1) is 0 Å². The second kappa shape index (κ2) is 10.5. The first-order chi connectivity index (χ1) is 20.3. The van der Waals surface area contributed by atoms with E-state index in [4.69, 9.17) is 4.42 Å². The molecule has 2 fully saturated rings. The average Bonchev–Trinajstić information content (AvgIpc) is 3.76. The fraction of sp³-hybridized carbons (Fsp3) is 0.394. The number of halogens is 3. The lowest BCUT2D eigenvalue weighted by atomic mass is 9.76. The van der Waals surface area contributed by atoms with Crippen molar-refractivity contribution in [2.24, 2.45) is 11.3 Å². The summed E-state index contributed by atoms with van der Waals surface area (Å²) < 4.78 is 46.7. The summed E-state index contributed by atoms with van der Waals surface area (Å²) in [5, 5.41) is 0. The van der Waals surface area contributed by atoms with E-state index in [0.29, 0.717) is 24.0 Å². The summed E-state index contributed by atoms with van der Waals surface area (Å²) in [6.07, 6.45) is -1.96. The predicted molar refractivity (Wildman–Crippen MR) is 153 cm³/mol. The minimum atomic E-state index is -4.91. The summed E-state index contributed by atoms with van der Waals surface area (Å²) >= 11 is 0. The van der Waals surface area contributed by atoms with Crippen molar-refractivity contribution in [3.63, 3.8) is 0 Å². The highest BCUT2D eigenvalue weighted by Crippen LogP contribution is 2.40. The Bertz CT molecular complexity index is 1620. The number of piperazine rings is 1. The van der Waals surface area contributed by atoms with Crippen LogP contribution >= 0.6 is 0 Å². The number of allylic oxidation sites excluding steroid dienone is 1. The Morgan fingerprint density at radius 2 is 1.60 bits per heavy atom. The first kappa shape index (κ1) is 28.9. The minimum Gasteiger partial charge on any atom is -0.431 e. The topological polar surface area (TPSA) is 83.7 Å². The molecule has 2 bridgehead atoms. The zero-order valence-electron chi connectivity index (χ0n) is 24.1. The van der Waals surface area contributed by atoms with Crippen LogP contribution in [-0.2, 0) is 22.2 Å². The number of benzene rings is 2. The van der Waals surface area contributed by atoms with Gasteiger partial charge in [-0.2, -0.15) is 13.2 Å². The van der Waals surface area contributed by atoms with E-state index in [2.05, 4.69) is 4.98 Å². The van der Waals surface area contributed by atoms with Crippen molar-refractivity contribution in [3.05, 3.63) is 82.8 Å². The molecule has 0 unspecified atom stereocenters. The highest BCUT2D eigenvalue weighted by atomic mass is 19.4. The molecule has 7 nitrogen and oxygen atoms in total. The molecular weight excluding hydrogens is 559 g/mol. The van der Waals surface area contributed by atoms with Gasteiger partial charge in [-0.05, 0) is 41.2 Å². The Balaban J connectivity index is 1.17. The molecule has 2 aliphatic heterocycles. The number of aromatic nitrogens is 1. The molecule has 2 amide bonds. The van der Waals surface area contributed by atoms with Crippen LogP contribution in [-0.4, -0.2) is 57.6 Å². The third-order valence-electron chi connectivity index (χ3n) is 8.75. The summed E-state index contributed by atoms with van der Waals surface area (Å²) in [5.74, 6) is -3.40. The van der Waals surface area contributed by atoms with E-state index in [9.17, 15) is 27.6 Å². The van der Waals surface area contributed by atoms with Crippen LogP contribution in [0.15, 0.2) is 64.6 Å². The number of amides is 2. The maximum atomic E-state index is 13.9. The Morgan fingerprint density at radius 1 is 0.953 bits per heavy atom. The molecule has 10 heteroatoms. The van der Waals surface area contributed by atoms with E-state index in [0.717, 1.165) is 11.1 Å². The number of hydrogen-bond acceptors (Lipinski definition) is 5. The zero-order valence-corrected chi connectivity index (χ0v) is 24.1. The molecule has 3 aliphatic rings. The molecule has 2 aromatic carbocycles. The Labute approximate surface area is 247 Å². The number of carbonyl (C=O) groups is 3. The van der Waals surface area contributed by atoms with Gasteiger partial charge in [0.25, 0.3) is 5.91 Å². The van der Waals surface area contributed by atoms with E-state index >= 15 is 0 Å². The van der Waals surface area contributed by atoms with Gasteiger partial charge < -0.3 is 14.2 Å². The third-order valence-corrected chi connectivity index (χ3v) is 8.75. The van der Waals surface area contributed by atoms with E-state index in [1.54, 1.807) is 35.2 Å². The number of nitrogens with zero attached hydrogens (tertiary/aromatic N) is 3. The maximum Gasteiger partial charge on any atom is 0.452 e. The van der Waals surface area contributed by atoms with Crippen LogP contribution in [0.3, 0.4) is 0 Å². The summed E-state index contributed by atoms with van der Waals surface area (Å²) in [6.45, 7) is 6.06. The van der Waals surface area contributed by atoms with Gasteiger partial charge in [0.05, 0.1) is 18.0 Å². The van der Waals surface area contributed by atoms with E-state index in [1.165, 1.54) is 4.90 Å². The lowest BCUT2D eigenvalue weighted by Crippen LogP contribution is -2.53. The van der Waals surface area contributed by atoms with E-state index in [-0.39, 0.29) is 43.1 Å². The molecule has 6 rings (SSSR count). The van der Waals surface area contributed by atoms with Gasteiger partial charge in [0, 0.05) is 37.1 Å². The minimum absolute atomic E-state index is 0.0643. The number of hydrogen-bond donors (Lipinski definition) is 0. The number of carbonyl (C=O) groups excluding carboxylic acids is 3. The fourth-order valence-electron chi connectivity index (χ4n) is 6.42. The largest absolute Gasteiger partial charge is 0.452 e. The fourth-order valence-corrected chi connectivity index (χ4v) is 6.42. The SMILES string of the molecule is CC(C)(C)[C@H](CC(=O)C1=Cc2ccccc2C1)C(=O)N1C[C@@H]2C[C@H]1CN2C(=O)c1nc(-c2ccccc2)oc1C(F)(F)F. The Hall–Kier alpha value is -4.21. The lowest BCUT2D eigenvalue weighted by Gasteiger charge is -2.39. The summed E-state index contributed by atoms with van der Waals surface area (Å²) in [4.78, 5) is 47.8.